The molecule has 0 saturated heterocycles. The van der Waals surface area contributed by atoms with Crippen LogP contribution in [-0.4, -0.2) is 4.98 Å². The van der Waals surface area contributed by atoms with Gasteiger partial charge in [-0.05, 0) is 18.8 Å². The van der Waals surface area contributed by atoms with Gasteiger partial charge in [-0.3, -0.25) is 0 Å². The summed E-state index contributed by atoms with van der Waals surface area (Å²) >= 11 is 1.74. The Hall–Kier alpha value is -0.880. The summed E-state index contributed by atoms with van der Waals surface area (Å²) in [5, 5.41) is 12.5. The van der Waals surface area contributed by atoms with E-state index in [2.05, 4.69) is 25.3 Å². The van der Waals surface area contributed by atoms with Crippen LogP contribution in [0.4, 0.5) is 0 Å². The van der Waals surface area contributed by atoms with Crippen LogP contribution in [0.2, 0.25) is 0 Å². The van der Waals surface area contributed by atoms with Crippen molar-refractivity contribution in [2.45, 2.75) is 51.9 Å². The van der Waals surface area contributed by atoms with Crippen molar-refractivity contribution in [2.75, 3.05) is 0 Å². The molecule has 0 radical (unpaired) electrons. The summed E-state index contributed by atoms with van der Waals surface area (Å²) in [6.07, 6.45) is 6.13. The van der Waals surface area contributed by atoms with Crippen LogP contribution in [0.1, 0.15) is 56.2 Å². The highest BCUT2D eigenvalue weighted by atomic mass is 32.1. The zero-order valence-electron chi connectivity index (χ0n) is 10.6. The van der Waals surface area contributed by atoms with Gasteiger partial charge in [0.2, 0.25) is 0 Å². The minimum Gasteiger partial charge on any atom is -0.246 e. The Balaban J connectivity index is 2.00. The predicted octanol–water partition coefficient (Wildman–Crippen LogP) is 4.14. The minimum atomic E-state index is 0.109. The number of nitrogens with zero attached hydrogens (tertiary/aromatic N) is 2. The second kappa shape index (κ2) is 5.64. The fraction of sp³-hybridized carbons (Fsp3) is 0.714. The van der Waals surface area contributed by atoms with Crippen molar-refractivity contribution in [2.24, 2.45) is 11.8 Å². The van der Waals surface area contributed by atoms with E-state index in [1.165, 1.54) is 31.4 Å². The Bertz CT molecular complexity index is 397. The first kappa shape index (κ1) is 12.6. The van der Waals surface area contributed by atoms with Crippen molar-refractivity contribution < 1.29 is 0 Å². The van der Waals surface area contributed by atoms with E-state index in [0.29, 0.717) is 11.8 Å². The Morgan fingerprint density at radius 3 is 2.76 bits per heavy atom. The number of hydrogen-bond acceptors (Lipinski definition) is 3. The zero-order chi connectivity index (χ0) is 12.3. The number of rotatable bonds is 4. The summed E-state index contributed by atoms with van der Waals surface area (Å²) in [7, 11) is 0. The van der Waals surface area contributed by atoms with Gasteiger partial charge in [-0.2, -0.15) is 5.26 Å². The van der Waals surface area contributed by atoms with E-state index in [1.807, 2.05) is 0 Å². The van der Waals surface area contributed by atoms with Crippen LogP contribution in [0.3, 0.4) is 0 Å². The molecule has 2 rings (SSSR count). The third kappa shape index (κ3) is 3.07. The van der Waals surface area contributed by atoms with Gasteiger partial charge >= 0.3 is 0 Å². The maximum Gasteiger partial charge on any atom is 0.0941 e. The number of nitriles is 1. The minimum absolute atomic E-state index is 0.109. The lowest BCUT2D eigenvalue weighted by Gasteiger charge is -2.10. The van der Waals surface area contributed by atoms with E-state index >= 15 is 0 Å². The molecule has 1 heterocycles. The van der Waals surface area contributed by atoms with Gasteiger partial charge in [0.1, 0.15) is 0 Å². The fourth-order valence-corrected chi connectivity index (χ4v) is 3.38. The summed E-state index contributed by atoms with van der Waals surface area (Å²) in [5.74, 6) is 1.22. The molecule has 1 aliphatic carbocycles. The Kier molecular flexibility index (Phi) is 4.17. The quantitative estimate of drug-likeness (QED) is 0.803. The highest BCUT2D eigenvalue weighted by molar-refractivity contribution is 7.09. The van der Waals surface area contributed by atoms with E-state index < -0.39 is 0 Å². The van der Waals surface area contributed by atoms with Gasteiger partial charge in [0.05, 0.1) is 22.7 Å². The van der Waals surface area contributed by atoms with Crippen molar-refractivity contribution in [3.63, 3.8) is 0 Å². The van der Waals surface area contributed by atoms with E-state index in [9.17, 15) is 0 Å². The van der Waals surface area contributed by atoms with Crippen molar-refractivity contribution in [3.8, 4) is 6.07 Å². The van der Waals surface area contributed by atoms with Crippen LogP contribution in [0.5, 0.6) is 0 Å². The molecular formula is C14H20N2S. The van der Waals surface area contributed by atoms with Crippen LogP contribution in [0.25, 0.3) is 0 Å². The monoisotopic (exact) mass is 248 g/mol. The van der Waals surface area contributed by atoms with Crippen LogP contribution in [-0.2, 0) is 6.42 Å². The summed E-state index contributed by atoms with van der Waals surface area (Å²) < 4.78 is 0. The Morgan fingerprint density at radius 2 is 2.18 bits per heavy atom. The first-order valence-electron chi connectivity index (χ1n) is 6.54. The summed E-state index contributed by atoms with van der Waals surface area (Å²) in [6.45, 7) is 4.22. The molecule has 1 aliphatic rings. The van der Waals surface area contributed by atoms with Gasteiger partial charge in [0.25, 0.3) is 0 Å². The lowest BCUT2D eigenvalue weighted by atomic mass is 9.94. The second-order valence-electron chi connectivity index (χ2n) is 5.33. The van der Waals surface area contributed by atoms with Crippen LogP contribution < -0.4 is 0 Å². The summed E-state index contributed by atoms with van der Waals surface area (Å²) in [5.41, 5.74) is 1.28. The Morgan fingerprint density at radius 1 is 1.47 bits per heavy atom. The molecule has 0 bridgehead atoms. The van der Waals surface area contributed by atoms with E-state index in [0.717, 1.165) is 11.4 Å². The molecule has 0 spiro atoms. The summed E-state index contributed by atoms with van der Waals surface area (Å²) in [4.78, 5) is 4.73. The summed E-state index contributed by atoms with van der Waals surface area (Å²) in [6, 6.07) is 2.40. The molecule has 17 heavy (non-hydrogen) atoms. The zero-order valence-corrected chi connectivity index (χ0v) is 11.5. The molecule has 1 saturated carbocycles. The normalized spacial score (nSPS) is 18.5. The van der Waals surface area contributed by atoms with Crippen molar-refractivity contribution in [3.05, 3.63) is 16.1 Å². The highest BCUT2D eigenvalue weighted by Crippen LogP contribution is 2.34. The van der Waals surface area contributed by atoms with Gasteiger partial charge in [0.15, 0.2) is 0 Å². The lowest BCUT2D eigenvalue weighted by Crippen LogP contribution is -2.09. The predicted molar refractivity (Wildman–Crippen MR) is 71.0 cm³/mol. The van der Waals surface area contributed by atoms with Crippen LogP contribution in [0, 0.1) is 23.2 Å². The van der Waals surface area contributed by atoms with E-state index in [-0.39, 0.29) is 5.92 Å². The number of thiazole rings is 1. The third-order valence-corrected chi connectivity index (χ3v) is 4.60. The van der Waals surface area contributed by atoms with E-state index in [4.69, 9.17) is 10.2 Å². The standard InChI is InChI=1S/C14H20N2S/c1-10(2)12(8-15)7-14-16-13(9-17-14)11-5-3-4-6-11/h9-12H,3-7H2,1-2H3. The Labute approximate surface area is 108 Å². The fourth-order valence-electron chi connectivity index (χ4n) is 2.45. The highest BCUT2D eigenvalue weighted by Gasteiger charge is 2.21. The molecule has 1 aromatic heterocycles. The maximum atomic E-state index is 9.10. The molecule has 1 fully saturated rings. The van der Waals surface area contributed by atoms with Crippen LogP contribution in [0.15, 0.2) is 5.38 Å². The van der Waals surface area contributed by atoms with Crippen LogP contribution >= 0.6 is 11.3 Å². The molecule has 0 N–H and O–H groups in total. The van der Waals surface area contributed by atoms with Gasteiger partial charge < -0.3 is 0 Å². The van der Waals surface area contributed by atoms with Gasteiger partial charge in [-0.1, -0.05) is 26.7 Å². The average Bonchev–Trinajstić information content (AvgIpc) is 2.95. The number of hydrogen-bond donors (Lipinski definition) is 0. The van der Waals surface area contributed by atoms with Gasteiger partial charge in [0, 0.05) is 17.7 Å². The molecule has 92 valence electrons. The molecule has 1 unspecified atom stereocenters. The molecule has 1 atom stereocenters. The first-order valence-corrected chi connectivity index (χ1v) is 7.42. The molecule has 3 heteroatoms. The van der Waals surface area contributed by atoms with Gasteiger partial charge in [-0.25, -0.2) is 4.98 Å². The maximum absolute atomic E-state index is 9.10. The van der Waals surface area contributed by atoms with E-state index in [1.54, 1.807) is 11.3 Å². The molecule has 2 nitrogen and oxygen atoms in total. The number of aromatic nitrogens is 1. The molecule has 0 aromatic carbocycles. The smallest absolute Gasteiger partial charge is 0.0941 e. The second-order valence-corrected chi connectivity index (χ2v) is 6.27. The lowest BCUT2D eigenvalue weighted by molar-refractivity contribution is 0.472. The first-order chi connectivity index (χ1) is 8.20. The largest absolute Gasteiger partial charge is 0.246 e. The SMILES string of the molecule is CC(C)C(C#N)Cc1nc(C2CCCC2)cs1. The van der Waals surface area contributed by atoms with Crippen molar-refractivity contribution >= 4 is 11.3 Å². The molecular weight excluding hydrogens is 228 g/mol. The molecule has 0 aliphatic heterocycles. The third-order valence-electron chi connectivity index (χ3n) is 3.71. The van der Waals surface area contributed by atoms with Gasteiger partial charge in [-0.15, -0.1) is 11.3 Å². The molecule has 1 aromatic rings. The van der Waals surface area contributed by atoms with Crippen molar-refractivity contribution in [1.82, 2.24) is 4.98 Å². The topological polar surface area (TPSA) is 36.7 Å². The molecule has 0 amide bonds. The average molecular weight is 248 g/mol. The van der Waals surface area contributed by atoms with Crippen molar-refractivity contribution in [1.29, 1.82) is 5.26 Å².